The zero-order valence-corrected chi connectivity index (χ0v) is 17.1. The summed E-state index contributed by atoms with van der Waals surface area (Å²) < 4.78 is 53.1. The number of methoxy groups -OCH3 is 1. The third-order valence-electron chi connectivity index (χ3n) is 3.85. The summed E-state index contributed by atoms with van der Waals surface area (Å²) in [6.07, 6.45) is 0. The second-order valence-corrected chi connectivity index (χ2v) is 8.85. The van der Waals surface area contributed by atoms with Crippen LogP contribution in [0.2, 0.25) is 5.02 Å². The second kappa shape index (κ2) is 8.44. The minimum absolute atomic E-state index is 0.0995. The van der Waals surface area contributed by atoms with Crippen LogP contribution in [0.15, 0.2) is 52.7 Å². The molecule has 0 aliphatic carbocycles. The molecule has 0 fully saturated rings. The van der Waals surface area contributed by atoms with E-state index in [4.69, 9.17) is 16.3 Å². The van der Waals surface area contributed by atoms with Crippen LogP contribution in [-0.2, 0) is 9.84 Å². The number of benzene rings is 2. The number of alkyl halides is 2. The van der Waals surface area contributed by atoms with Crippen LogP contribution in [0.25, 0.3) is 11.3 Å². The van der Waals surface area contributed by atoms with Gasteiger partial charge < -0.3 is 4.74 Å². The number of aromatic nitrogens is 1. The van der Waals surface area contributed by atoms with Gasteiger partial charge in [0.15, 0.2) is 5.13 Å². The number of hydrogen-bond donors (Lipinski definition) is 1. The standard InChI is InChI=1S/C18H13ClF2N2O4S2/c1-27-15-7-4-11(8-13(15)19)14-9-28-18(22-14)23-16(24)10-2-5-12(6-3-10)29(25,26)17(20)21/h2-9,17H,1H3,(H,22,23,24). The fourth-order valence-corrected chi connectivity index (χ4v) is 4.05. The first kappa shape index (κ1) is 21.2. The number of nitrogens with zero attached hydrogens (tertiary/aromatic N) is 1. The monoisotopic (exact) mass is 458 g/mol. The molecule has 0 bridgehead atoms. The molecule has 1 amide bonds. The van der Waals surface area contributed by atoms with Crippen molar-refractivity contribution in [2.45, 2.75) is 10.7 Å². The van der Waals surface area contributed by atoms with E-state index in [0.717, 1.165) is 29.8 Å². The molecular weight excluding hydrogens is 446 g/mol. The molecule has 29 heavy (non-hydrogen) atoms. The molecule has 152 valence electrons. The molecule has 2 aromatic carbocycles. The summed E-state index contributed by atoms with van der Waals surface area (Å²) in [5.41, 5.74) is 1.42. The zero-order chi connectivity index (χ0) is 21.2. The molecule has 3 aromatic rings. The molecule has 1 aromatic heterocycles. The molecule has 3 rings (SSSR count). The highest BCUT2D eigenvalue weighted by molar-refractivity contribution is 7.91. The maximum Gasteiger partial charge on any atom is 0.341 e. The normalized spacial score (nSPS) is 11.5. The minimum Gasteiger partial charge on any atom is -0.495 e. The number of carbonyl (C=O) groups is 1. The number of nitrogens with one attached hydrogen (secondary N) is 1. The van der Waals surface area contributed by atoms with Crippen molar-refractivity contribution < 1.29 is 26.7 Å². The molecule has 0 aliphatic rings. The molecule has 0 radical (unpaired) electrons. The highest BCUT2D eigenvalue weighted by Gasteiger charge is 2.26. The van der Waals surface area contributed by atoms with Crippen LogP contribution >= 0.6 is 22.9 Å². The molecule has 0 saturated carbocycles. The lowest BCUT2D eigenvalue weighted by atomic mass is 10.2. The van der Waals surface area contributed by atoms with Gasteiger partial charge in [0.05, 0.1) is 22.7 Å². The van der Waals surface area contributed by atoms with Crippen LogP contribution in [0.3, 0.4) is 0 Å². The SMILES string of the molecule is COc1ccc(-c2csc(NC(=O)c3ccc(S(=O)(=O)C(F)F)cc3)n2)cc1Cl. The third kappa shape index (κ3) is 4.55. The Balaban J connectivity index is 1.74. The molecule has 0 saturated heterocycles. The second-order valence-electron chi connectivity index (χ2n) is 5.67. The highest BCUT2D eigenvalue weighted by Crippen LogP contribution is 2.32. The summed E-state index contributed by atoms with van der Waals surface area (Å²) in [5, 5.41) is 5.03. The summed E-state index contributed by atoms with van der Waals surface area (Å²) in [7, 11) is -3.20. The fourth-order valence-electron chi connectivity index (χ4n) is 2.36. The van der Waals surface area contributed by atoms with Crippen molar-refractivity contribution in [3.05, 3.63) is 58.4 Å². The average Bonchev–Trinajstić information content (AvgIpc) is 3.16. The van der Waals surface area contributed by atoms with Crippen LogP contribution in [0.5, 0.6) is 5.75 Å². The first-order valence-corrected chi connectivity index (χ1v) is 10.8. The van der Waals surface area contributed by atoms with Gasteiger partial charge in [0.25, 0.3) is 5.91 Å². The third-order valence-corrected chi connectivity index (χ3v) is 6.30. The van der Waals surface area contributed by atoms with E-state index in [9.17, 15) is 22.0 Å². The van der Waals surface area contributed by atoms with Crippen molar-refractivity contribution in [3.63, 3.8) is 0 Å². The quantitative estimate of drug-likeness (QED) is 0.577. The van der Waals surface area contributed by atoms with Crippen molar-refractivity contribution in [2.24, 2.45) is 0 Å². The Kier molecular flexibility index (Phi) is 6.15. The van der Waals surface area contributed by atoms with Gasteiger partial charge in [-0.3, -0.25) is 10.1 Å². The Bertz CT molecular complexity index is 1150. The lowest BCUT2D eigenvalue weighted by Gasteiger charge is -2.05. The van der Waals surface area contributed by atoms with Crippen LogP contribution < -0.4 is 10.1 Å². The largest absolute Gasteiger partial charge is 0.495 e. The highest BCUT2D eigenvalue weighted by atomic mass is 35.5. The van der Waals surface area contributed by atoms with E-state index >= 15 is 0 Å². The number of halogens is 3. The Hall–Kier alpha value is -2.56. The maximum absolute atomic E-state index is 12.6. The fraction of sp³-hybridized carbons (Fsp3) is 0.111. The van der Waals surface area contributed by atoms with Crippen LogP contribution in [0, 0.1) is 0 Å². The van der Waals surface area contributed by atoms with E-state index in [1.165, 1.54) is 18.4 Å². The van der Waals surface area contributed by atoms with E-state index in [2.05, 4.69) is 10.3 Å². The number of anilines is 1. The van der Waals surface area contributed by atoms with Gasteiger partial charge in [0, 0.05) is 16.5 Å². The molecule has 0 unspecified atom stereocenters. The summed E-state index contributed by atoms with van der Waals surface area (Å²) in [6, 6.07) is 9.39. The van der Waals surface area contributed by atoms with Crippen molar-refractivity contribution in [2.75, 3.05) is 12.4 Å². The molecule has 0 aliphatic heterocycles. The van der Waals surface area contributed by atoms with Gasteiger partial charge in [-0.05, 0) is 42.5 Å². The van der Waals surface area contributed by atoms with E-state index in [0.29, 0.717) is 21.6 Å². The van der Waals surface area contributed by atoms with E-state index in [1.54, 1.807) is 23.6 Å². The first-order valence-electron chi connectivity index (χ1n) is 7.95. The van der Waals surface area contributed by atoms with Crippen molar-refractivity contribution in [1.29, 1.82) is 0 Å². The molecule has 1 N–H and O–H groups in total. The summed E-state index contributed by atoms with van der Waals surface area (Å²) >= 11 is 7.29. The smallest absolute Gasteiger partial charge is 0.341 e. The topological polar surface area (TPSA) is 85.4 Å². The molecule has 1 heterocycles. The lowest BCUT2D eigenvalue weighted by Crippen LogP contribution is -2.14. The maximum atomic E-state index is 12.6. The Morgan fingerprint density at radius 3 is 2.48 bits per heavy atom. The van der Waals surface area contributed by atoms with Gasteiger partial charge in [0.1, 0.15) is 5.75 Å². The van der Waals surface area contributed by atoms with Gasteiger partial charge >= 0.3 is 5.76 Å². The molecule has 0 atom stereocenters. The molecule has 6 nitrogen and oxygen atoms in total. The van der Waals surface area contributed by atoms with Crippen molar-refractivity contribution in [1.82, 2.24) is 4.98 Å². The molecule has 0 spiro atoms. The van der Waals surface area contributed by atoms with Crippen LogP contribution in [0.4, 0.5) is 13.9 Å². The summed E-state index contributed by atoms with van der Waals surface area (Å²) in [4.78, 5) is 16.1. The number of rotatable bonds is 6. The zero-order valence-electron chi connectivity index (χ0n) is 14.7. The predicted molar refractivity (Wildman–Crippen MR) is 107 cm³/mol. The average molecular weight is 459 g/mol. The number of carbonyl (C=O) groups excluding carboxylic acids is 1. The van der Waals surface area contributed by atoms with Gasteiger partial charge in [-0.25, -0.2) is 13.4 Å². The number of sulfone groups is 1. The van der Waals surface area contributed by atoms with E-state index in [-0.39, 0.29) is 5.56 Å². The Labute approximate surface area is 174 Å². The Morgan fingerprint density at radius 1 is 1.21 bits per heavy atom. The number of ether oxygens (including phenoxy) is 1. The number of amides is 1. The van der Waals surface area contributed by atoms with Crippen molar-refractivity contribution in [3.8, 4) is 17.0 Å². The number of thiazole rings is 1. The van der Waals surface area contributed by atoms with Gasteiger partial charge in [-0.15, -0.1) is 11.3 Å². The summed E-state index contributed by atoms with van der Waals surface area (Å²) in [5.74, 6) is -3.56. The van der Waals surface area contributed by atoms with Crippen LogP contribution in [-0.4, -0.2) is 32.2 Å². The predicted octanol–water partition coefficient (Wildman–Crippen LogP) is 4.72. The summed E-state index contributed by atoms with van der Waals surface area (Å²) in [6.45, 7) is 0. The first-order chi connectivity index (χ1) is 13.7. The lowest BCUT2D eigenvalue weighted by molar-refractivity contribution is 0.102. The minimum atomic E-state index is -4.71. The number of hydrogen-bond acceptors (Lipinski definition) is 6. The van der Waals surface area contributed by atoms with E-state index < -0.39 is 26.4 Å². The molecular formula is C18H13ClF2N2O4S2. The Morgan fingerprint density at radius 2 is 1.90 bits per heavy atom. The van der Waals surface area contributed by atoms with Crippen LogP contribution in [0.1, 0.15) is 10.4 Å². The van der Waals surface area contributed by atoms with Gasteiger partial charge in [0.2, 0.25) is 9.84 Å². The van der Waals surface area contributed by atoms with Gasteiger partial charge in [-0.1, -0.05) is 11.6 Å². The molecule has 11 heteroatoms. The van der Waals surface area contributed by atoms with Gasteiger partial charge in [-0.2, -0.15) is 8.78 Å². The van der Waals surface area contributed by atoms with E-state index in [1.807, 2.05) is 0 Å². The van der Waals surface area contributed by atoms with Crippen molar-refractivity contribution >= 4 is 43.8 Å².